The molecule has 9 nitrogen and oxygen atoms in total. The fourth-order valence-electron chi connectivity index (χ4n) is 3.78. The average molecular weight is 530 g/mol. The van der Waals surface area contributed by atoms with Gasteiger partial charge in [-0.2, -0.15) is 0 Å². The fourth-order valence-corrected chi connectivity index (χ4v) is 5.11. The smallest absolute Gasteiger partial charge is 0.256 e. The average Bonchev–Trinajstić information content (AvgIpc) is 3.46. The minimum Gasteiger partial charge on any atom is -0.414 e. The fraction of sp³-hybridized carbons (Fsp3) is 0.520. The van der Waals surface area contributed by atoms with E-state index >= 15 is 0 Å². The lowest BCUT2D eigenvalue weighted by molar-refractivity contribution is -0.0507. The molecule has 1 amide bonds. The zero-order valence-corrected chi connectivity index (χ0v) is 23.5. The van der Waals surface area contributed by atoms with Crippen LogP contribution in [0, 0.1) is 0 Å². The molecule has 1 N–H and O–H groups in total. The topological polar surface area (TPSA) is 100 Å². The van der Waals surface area contributed by atoms with Crippen LogP contribution in [0.1, 0.15) is 43.8 Å². The lowest BCUT2D eigenvalue weighted by Crippen LogP contribution is -2.44. The normalized spacial score (nSPS) is 20.7. The zero-order valence-electron chi connectivity index (χ0n) is 21.7. The Hall–Kier alpha value is -2.31. The van der Waals surface area contributed by atoms with Gasteiger partial charge in [-0.1, -0.05) is 39.0 Å². The maximum absolute atomic E-state index is 12.7. The Balaban J connectivity index is 1.53. The van der Waals surface area contributed by atoms with Crippen molar-refractivity contribution in [3.05, 3.63) is 48.5 Å². The highest BCUT2D eigenvalue weighted by molar-refractivity contribution is 7.98. The summed E-state index contributed by atoms with van der Waals surface area (Å²) >= 11 is 1.64. The van der Waals surface area contributed by atoms with Crippen molar-refractivity contribution in [3.63, 3.8) is 0 Å². The number of nitrogens with zero attached hydrogens (tertiary/aromatic N) is 4. The summed E-state index contributed by atoms with van der Waals surface area (Å²) < 4.78 is 21.0. The number of rotatable bonds is 9. The predicted molar refractivity (Wildman–Crippen MR) is 145 cm³/mol. The van der Waals surface area contributed by atoms with E-state index in [1.807, 2.05) is 29.0 Å². The van der Waals surface area contributed by atoms with E-state index in [9.17, 15) is 4.79 Å². The highest BCUT2D eigenvalue weighted by atomic mass is 32.2. The molecule has 3 heterocycles. The minimum absolute atomic E-state index is 0.108. The number of anilines is 1. The van der Waals surface area contributed by atoms with Crippen LogP contribution in [-0.2, 0) is 13.9 Å². The maximum atomic E-state index is 12.7. The molecule has 36 heavy (non-hydrogen) atoms. The highest BCUT2D eigenvalue weighted by Gasteiger charge is 2.42. The number of carbonyl (C=O) groups is 1. The van der Waals surface area contributed by atoms with Crippen LogP contribution < -0.4 is 5.32 Å². The number of aromatic nitrogens is 4. The number of amides is 1. The van der Waals surface area contributed by atoms with Gasteiger partial charge in [-0.3, -0.25) is 9.36 Å². The molecule has 0 saturated carbocycles. The first-order valence-corrected chi connectivity index (χ1v) is 16.3. The molecule has 0 aliphatic carbocycles. The van der Waals surface area contributed by atoms with Gasteiger partial charge >= 0.3 is 0 Å². The van der Waals surface area contributed by atoms with Gasteiger partial charge < -0.3 is 19.2 Å². The van der Waals surface area contributed by atoms with E-state index < -0.39 is 8.32 Å². The van der Waals surface area contributed by atoms with Crippen molar-refractivity contribution in [1.82, 2.24) is 19.5 Å². The van der Waals surface area contributed by atoms with Crippen LogP contribution >= 0.6 is 11.8 Å². The van der Waals surface area contributed by atoms with Crippen molar-refractivity contribution in [2.45, 2.75) is 63.8 Å². The van der Waals surface area contributed by atoms with Gasteiger partial charge in [-0.15, -0.1) is 11.8 Å². The standard InChI is InChI=1S/C25H35N5O4SSi/c1-25(2,3)36(5,6)33-13-19-18(32-16-35-4)12-20(34-19)30-15-28-21-22(26-14-27-23(21)30)29-24(31)17-10-8-7-9-11-17/h7-11,14-15,18-20H,12-13,16H2,1-6H3,(H,26,27,29,31)/t18-,19-,20-/m1/s1. The van der Waals surface area contributed by atoms with E-state index in [0.29, 0.717) is 41.5 Å². The third-order valence-corrected chi connectivity index (χ3v) is 11.8. The van der Waals surface area contributed by atoms with E-state index in [2.05, 4.69) is 54.1 Å². The molecule has 0 unspecified atom stereocenters. The Kier molecular flexibility index (Phi) is 8.15. The first-order valence-electron chi connectivity index (χ1n) is 12.0. The van der Waals surface area contributed by atoms with Gasteiger partial charge in [-0.25, -0.2) is 15.0 Å². The second kappa shape index (κ2) is 11.0. The summed E-state index contributed by atoms with van der Waals surface area (Å²) in [6, 6.07) is 9.00. The lowest BCUT2D eigenvalue weighted by Gasteiger charge is -2.37. The van der Waals surface area contributed by atoms with E-state index in [1.165, 1.54) is 6.33 Å². The molecule has 0 spiro atoms. The van der Waals surface area contributed by atoms with Crippen LogP contribution in [0.2, 0.25) is 18.1 Å². The maximum Gasteiger partial charge on any atom is 0.256 e. The van der Waals surface area contributed by atoms with Crippen LogP contribution in [-0.4, -0.2) is 64.8 Å². The number of thioether (sulfide) groups is 1. The molecule has 1 aliphatic heterocycles. The molecule has 11 heteroatoms. The molecule has 1 saturated heterocycles. The van der Waals surface area contributed by atoms with Gasteiger partial charge in [0.2, 0.25) is 0 Å². The highest BCUT2D eigenvalue weighted by Crippen LogP contribution is 2.39. The van der Waals surface area contributed by atoms with Gasteiger partial charge in [0.05, 0.1) is 25.0 Å². The Morgan fingerprint density at radius 1 is 1.22 bits per heavy atom. The SMILES string of the molecule is CSCO[C@@H]1C[C@H](n2cnc3c(NC(=O)c4ccccc4)ncnc32)O[C@@H]1CO[Si](C)(C)C(C)(C)C. The van der Waals surface area contributed by atoms with Gasteiger partial charge in [0, 0.05) is 12.0 Å². The number of hydrogen-bond acceptors (Lipinski definition) is 8. The van der Waals surface area contributed by atoms with Gasteiger partial charge in [0.15, 0.2) is 25.3 Å². The number of benzene rings is 1. The molecule has 2 aromatic heterocycles. The monoisotopic (exact) mass is 529 g/mol. The quantitative estimate of drug-likeness (QED) is 0.302. The van der Waals surface area contributed by atoms with Crippen LogP contribution in [0.15, 0.2) is 43.0 Å². The van der Waals surface area contributed by atoms with E-state index in [-0.39, 0.29) is 29.4 Å². The van der Waals surface area contributed by atoms with Crippen molar-refractivity contribution in [2.24, 2.45) is 0 Å². The summed E-state index contributed by atoms with van der Waals surface area (Å²) in [5, 5.41) is 2.96. The molecule has 1 aromatic carbocycles. The second-order valence-electron chi connectivity index (χ2n) is 10.4. The van der Waals surface area contributed by atoms with Gasteiger partial charge in [0.25, 0.3) is 5.91 Å². The van der Waals surface area contributed by atoms with E-state index in [0.717, 1.165) is 0 Å². The molecule has 1 fully saturated rings. The largest absolute Gasteiger partial charge is 0.414 e. The number of ether oxygens (including phenoxy) is 2. The summed E-state index contributed by atoms with van der Waals surface area (Å²) in [6.07, 6.45) is 5.15. The summed E-state index contributed by atoms with van der Waals surface area (Å²) in [6.45, 7) is 11.6. The third kappa shape index (κ3) is 5.81. The van der Waals surface area contributed by atoms with Crippen LogP contribution in [0.25, 0.3) is 11.2 Å². The van der Waals surface area contributed by atoms with Crippen LogP contribution in [0.5, 0.6) is 0 Å². The molecule has 0 bridgehead atoms. The molecular weight excluding hydrogens is 494 g/mol. The van der Waals surface area contributed by atoms with Crippen LogP contribution in [0.4, 0.5) is 5.82 Å². The molecule has 3 atom stereocenters. The number of carbonyl (C=O) groups excluding carboxylic acids is 1. The zero-order chi connectivity index (χ0) is 25.9. The molecular formula is C25H35N5O4SSi. The molecule has 194 valence electrons. The summed E-state index contributed by atoms with van der Waals surface area (Å²) in [4.78, 5) is 25.9. The summed E-state index contributed by atoms with van der Waals surface area (Å²) in [5.41, 5.74) is 1.64. The van der Waals surface area contributed by atoms with Crippen molar-refractivity contribution in [2.75, 3.05) is 24.1 Å². The van der Waals surface area contributed by atoms with Crippen LogP contribution in [0.3, 0.4) is 0 Å². The van der Waals surface area contributed by atoms with Crippen molar-refractivity contribution in [1.29, 1.82) is 0 Å². The number of imidazole rings is 1. The Bertz CT molecular complexity index is 1180. The third-order valence-electron chi connectivity index (χ3n) is 6.93. The van der Waals surface area contributed by atoms with E-state index in [1.54, 1.807) is 30.2 Å². The number of fused-ring (bicyclic) bond motifs is 1. The molecule has 4 rings (SSSR count). The van der Waals surface area contributed by atoms with Gasteiger partial charge in [-0.05, 0) is 36.5 Å². The Morgan fingerprint density at radius 2 is 1.97 bits per heavy atom. The number of nitrogens with one attached hydrogen (secondary N) is 1. The Morgan fingerprint density at radius 3 is 2.67 bits per heavy atom. The number of hydrogen-bond donors (Lipinski definition) is 1. The minimum atomic E-state index is -1.94. The first kappa shape index (κ1) is 26.7. The second-order valence-corrected chi connectivity index (χ2v) is 16.0. The van der Waals surface area contributed by atoms with Gasteiger partial charge in [0.1, 0.15) is 18.7 Å². The molecule has 0 radical (unpaired) electrons. The molecule has 3 aromatic rings. The Labute approximate surface area is 217 Å². The first-order chi connectivity index (χ1) is 17.1. The van der Waals surface area contributed by atoms with Crippen molar-refractivity contribution < 1.29 is 18.7 Å². The van der Waals surface area contributed by atoms with Crippen molar-refractivity contribution in [3.8, 4) is 0 Å². The summed E-state index contributed by atoms with van der Waals surface area (Å²) in [7, 11) is -1.94. The van der Waals surface area contributed by atoms with Crippen molar-refractivity contribution >= 4 is 43.0 Å². The van der Waals surface area contributed by atoms with E-state index in [4.69, 9.17) is 13.9 Å². The summed E-state index contributed by atoms with van der Waals surface area (Å²) in [5.74, 6) is 0.689. The molecule has 1 aliphatic rings. The predicted octanol–water partition coefficient (Wildman–Crippen LogP) is 5.09. The lowest BCUT2D eigenvalue weighted by atomic mass is 10.2.